The smallest absolute Gasteiger partial charge is 0.175 e. The molecule has 0 aliphatic carbocycles. The fourth-order valence-electron chi connectivity index (χ4n) is 2.80. The molecule has 0 unspecified atom stereocenters. The fraction of sp³-hybridized carbons (Fsp3) is 0.0500. The maximum atomic E-state index is 11.8. The first-order valence-electron chi connectivity index (χ1n) is 7.77. The van der Waals surface area contributed by atoms with Gasteiger partial charge in [0.1, 0.15) is 11.3 Å². The van der Waals surface area contributed by atoms with Gasteiger partial charge in [-0.05, 0) is 23.8 Å². The van der Waals surface area contributed by atoms with Crippen LogP contribution in [0.15, 0.2) is 82.2 Å². The monoisotopic (exact) mass is 349 g/mol. The van der Waals surface area contributed by atoms with Crippen molar-refractivity contribution in [3.63, 3.8) is 0 Å². The van der Waals surface area contributed by atoms with Gasteiger partial charge in [-0.1, -0.05) is 42.5 Å². The van der Waals surface area contributed by atoms with Gasteiger partial charge in [-0.2, -0.15) is 0 Å². The van der Waals surface area contributed by atoms with Crippen LogP contribution in [-0.4, -0.2) is 19.7 Å². The molecule has 0 saturated carbocycles. The molecule has 0 amide bonds. The van der Waals surface area contributed by atoms with Crippen LogP contribution in [0.2, 0.25) is 0 Å². The van der Waals surface area contributed by atoms with Crippen LogP contribution in [0.3, 0.4) is 0 Å². The minimum atomic E-state index is -3.27. The van der Waals surface area contributed by atoms with Crippen molar-refractivity contribution in [3.05, 3.63) is 72.9 Å². The van der Waals surface area contributed by atoms with Gasteiger partial charge in [0.2, 0.25) is 0 Å². The number of rotatable bonds is 3. The number of sulfone groups is 1. The Bertz CT molecular complexity index is 1160. The summed E-state index contributed by atoms with van der Waals surface area (Å²) in [5.74, 6) is 0.731. The third-order valence-electron chi connectivity index (χ3n) is 4.04. The van der Waals surface area contributed by atoms with Gasteiger partial charge < -0.3 is 4.42 Å². The number of benzene rings is 2. The van der Waals surface area contributed by atoms with E-state index in [9.17, 15) is 8.42 Å². The first-order chi connectivity index (χ1) is 12.0. The molecule has 0 bridgehead atoms. The molecular weight excluding hydrogens is 334 g/mol. The molecular formula is C20H15NO3S. The summed E-state index contributed by atoms with van der Waals surface area (Å²) >= 11 is 0. The molecule has 2 heterocycles. The molecule has 0 spiro atoms. The Morgan fingerprint density at radius 3 is 2.40 bits per heavy atom. The van der Waals surface area contributed by atoms with Crippen molar-refractivity contribution >= 4 is 20.9 Å². The zero-order chi connectivity index (χ0) is 17.4. The van der Waals surface area contributed by atoms with Crippen molar-refractivity contribution < 1.29 is 12.8 Å². The minimum absolute atomic E-state index is 0.282. The number of hydrogen-bond acceptors (Lipinski definition) is 4. The highest BCUT2D eigenvalue weighted by molar-refractivity contribution is 7.90. The predicted molar refractivity (Wildman–Crippen MR) is 98.0 cm³/mol. The highest BCUT2D eigenvalue weighted by Crippen LogP contribution is 2.34. The Labute approximate surface area is 145 Å². The average Bonchev–Trinajstić information content (AvgIpc) is 3.06. The third kappa shape index (κ3) is 2.94. The van der Waals surface area contributed by atoms with E-state index < -0.39 is 9.84 Å². The molecule has 0 radical (unpaired) electrons. The predicted octanol–water partition coefficient (Wildman–Crippen LogP) is 4.57. The molecule has 0 aliphatic rings. The van der Waals surface area contributed by atoms with Crippen LogP contribution in [0.25, 0.3) is 33.6 Å². The maximum absolute atomic E-state index is 11.8. The molecule has 2 aromatic carbocycles. The van der Waals surface area contributed by atoms with Crippen LogP contribution in [0.1, 0.15) is 0 Å². The zero-order valence-corrected chi connectivity index (χ0v) is 14.3. The summed E-state index contributed by atoms with van der Waals surface area (Å²) in [6, 6.07) is 20.4. The van der Waals surface area contributed by atoms with E-state index in [0.717, 1.165) is 28.0 Å². The van der Waals surface area contributed by atoms with E-state index in [4.69, 9.17) is 4.42 Å². The van der Waals surface area contributed by atoms with Crippen molar-refractivity contribution in [2.75, 3.05) is 6.26 Å². The van der Waals surface area contributed by atoms with Crippen LogP contribution in [-0.2, 0) is 9.84 Å². The molecule has 124 valence electrons. The third-order valence-corrected chi connectivity index (χ3v) is 5.15. The number of pyridine rings is 1. The molecule has 5 heteroatoms. The largest absolute Gasteiger partial charge is 0.454 e. The second-order valence-corrected chi connectivity index (χ2v) is 7.87. The van der Waals surface area contributed by atoms with E-state index in [0.29, 0.717) is 5.58 Å². The van der Waals surface area contributed by atoms with Crippen LogP contribution in [0.4, 0.5) is 0 Å². The Balaban J connectivity index is 1.90. The summed E-state index contributed by atoms with van der Waals surface area (Å²) in [5, 5.41) is 0. The second kappa shape index (κ2) is 5.86. The number of aromatic nitrogens is 1. The minimum Gasteiger partial charge on any atom is -0.454 e. The zero-order valence-electron chi connectivity index (χ0n) is 13.5. The maximum Gasteiger partial charge on any atom is 0.175 e. The molecule has 4 aromatic rings. The molecule has 0 aliphatic heterocycles. The van der Waals surface area contributed by atoms with Gasteiger partial charge in [-0.25, -0.2) is 8.42 Å². The normalized spacial score (nSPS) is 11.7. The van der Waals surface area contributed by atoms with Crippen molar-refractivity contribution in [2.24, 2.45) is 0 Å². The Morgan fingerprint density at radius 2 is 1.64 bits per heavy atom. The van der Waals surface area contributed by atoms with E-state index in [-0.39, 0.29) is 4.90 Å². The quantitative estimate of drug-likeness (QED) is 0.544. The van der Waals surface area contributed by atoms with Crippen molar-refractivity contribution in [1.29, 1.82) is 0 Å². The van der Waals surface area contributed by atoms with Gasteiger partial charge in [0.15, 0.2) is 15.4 Å². The molecule has 0 fully saturated rings. The van der Waals surface area contributed by atoms with E-state index >= 15 is 0 Å². The van der Waals surface area contributed by atoms with Gasteiger partial charge in [0, 0.05) is 29.6 Å². The number of hydrogen-bond donors (Lipinski definition) is 0. The van der Waals surface area contributed by atoms with Gasteiger partial charge in [-0.3, -0.25) is 4.98 Å². The topological polar surface area (TPSA) is 60.2 Å². The molecule has 25 heavy (non-hydrogen) atoms. The van der Waals surface area contributed by atoms with Crippen LogP contribution in [0, 0.1) is 0 Å². The summed E-state index contributed by atoms with van der Waals surface area (Å²) < 4.78 is 29.7. The lowest BCUT2D eigenvalue weighted by Gasteiger charge is -2.05. The summed E-state index contributed by atoms with van der Waals surface area (Å²) in [7, 11) is -3.27. The summed E-state index contributed by atoms with van der Waals surface area (Å²) in [5.41, 5.74) is 3.95. The SMILES string of the molecule is CS(=O)(=O)c1cccc(-c2ccnc3cc(-c4ccccc4)oc23)c1. The molecule has 0 atom stereocenters. The van der Waals surface area contributed by atoms with Gasteiger partial charge >= 0.3 is 0 Å². The standard InChI is InChI=1S/C20H15NO3S/c1-25(22,23)16-9-5-8-15(12-16)17-10-11-21-18-13-19(24-20(17)18)14-6-3-2-4-7-14/h2-13H,1H3. The van der Waals surface area contributed by atoms with Crippen LogP contribution >= 0.6 is 0 Å². The molecule has 0 N–H and O–H groups in total. The van der Waals surface area contributed by atoms with E-state index in [1.54, 1.807) is 24.4 Å². The van der Waals surface area contributed by atoms with Crippen molar-refractivity contribution in [3.8, 4) is 22.5 Å². The lowest BCUT2D eigenvalue weighted by Crippen LogP contribution is -1.96. The Morgan fingerprint density at radius 1 is 0.880 bits per heavy atom. The first kappa shape index (κ1) is 15.6. The summed E-state index contributed by atoms with van der Waals surface area (Å²) in [6.45, 7) is 0. The van der Waals surface area contributed by atoms with E-state index in [1.165, 1.54) is 6.26 Å². The van der Waals surface area contributed by atoms with Crippen molar-refractivity contribution in [1.82, 2.24) is 4.98 Å². The Hall–Kier alpha value is -2.92. The van der Waals surface area contributed by atoms with Crippen LogP contribution < -0.4 is 0 Å². The van der Waals surface area contributed by atoms with Gasteiger partial charge in [-0.15, -0.1) is 0 Å². The van der Waals surface area contributed by atoms with Gasteiger partial charge in [0.25, 0.3) is 0 Å². The van der Waals surface area contributed by atoms with E-state index in [2.05, 4.69) is 4.98 Å². The van der Waals surface area contributed by atoms with Crippen molar-refractivity contribution in [2.45, 2.75) is 4.90 Å². The first-order valence-corrected chi connectivity index (χ1v) is 9.66. The van der Waals surface area contributed by atoms with Crippen LogP contribution in [0.5, 0.6) is 0 Å². The molecule has 0 saturated heterocycles. The summed E-state index contributed by atoms with van der Waals surface area (Å²) in [4.78, 5) is 4.65. The molecule has 4 nitrogen and oxygen atoms in total. The molecule has 2 aromatic heterocycles. The highest BCUT2D eigenvalue weighted by Gasteiger charge is 2.14. The Kier molecular flexibility index (Phi) is 3.66. The lowest BCUT2D eigenvalue weighted by molar-refractivity contribution is 0.602. The van der Waals surface area contributed by atoms with Gasteiger partial charge in [0.05, 0.1) is 4.90 Å². The average molecular weight is 349 g/mol. The lowest BCUT2D eigenvalue weighted by atomic mass is 10.1. The number of nitrogens with zero attached hydrogens (tertiary/aromatic N) is 1. The number of furan rings is 1. The second-order valence-electron chi connectivity index (χ2n) is 5.85. The fourth-order valence-corrected chi connectivity index (χ4v) is 3.47. The highest BCUT2D eigenvalue weighted by atomic mass is 32.2. The molecule has 4 rings (SSSR count). The number of fused-ring (bicyclic) bond motifs is 1. The summed E-state index contributed by atoms with van der Waals surface area (Å²) in [6.07, 6.45) is 2.91. The van der Waals surface area contributed by atoms with E-state index in [1.807, 2.05) is 48.5 Å².